The van der Waals surface area contributed by atoms with Crippen molar-refractivity contribution >= 4 is 5.97 Å². The van der Waals surface area contributed by atoms with E-state index in [2.05, 4.69) is 12.2 Å². The highest BCUT2D eigenvalue weighted by Crippen LogP contribution is 2.16. The Morgan fingerprint density at radius 3 is 2.70 bits per heavy atom. The average Bonchev–Trinajstić information content (AvgIpc) is 2.49. The largest absolute Gasteiger partial charge is 0.468 e. The molecule has 0 spiro atoms. The number of hydrogen-bond acceptors (Lipinski definition) is 5. The maximum Gasteiger partial charge on any atom is 0.325 e. The Morgan fingerprint density at radius 1 is 1.40 bits per heavy atom. The van der Waals surface area contributed by atoms with Gasteiger partial charge in [0, 0.05) is 26.4 Å². The number of nitrogens with one attached hydrogen (secondary N) is 1. The van der Waals surface area contributed by atoms with E-state index in [0.29, 0.717) is 18.9 Å². The number of methoxy groups -OCH3 is 1. The Kier molecular flexibility index (Phi) is 8.11. The molecule has 5 nitrogen and oxygen atoms in total. The molecule has 1 fully saturated rings. The van der Waals surface area contributed by atoms with E-state index in [1.54, 1.807) is 0 Å². The number of rotatable bonds is 9. The van der Waals surface area contributed by atoms with Gasteiger partial charge in [-0.15, -0.1) is 0 Å². The second kappa shape index (κ2) is 9.32. The summed E-state index contributed by atoms with van der Waals surface area (Å²) in [5.74, 6) is 0.373. The zero-order valence-corrected chi connectivity index (χ0v) is 13.1. The average molecular weight is 287 g/mol. The van der Waals surface area contributed by atoms with Crippen molar-refractivity contribution in [3.63, 3.8) is 0 Å². The molecule has 20 heavy (non-hydrogen) atoms. The van der Waals surface area contributed by atoms with Gasteiger partial charge in [0.25, 0.3) is 0 Å². The fourth-order valence-corrected chi connectivity index (χ4v) is 2.33. The second-order valence-corrected chi connectivity index (χ2v) is 5.63. The molecule has 1 atom stereocenters. The second-order valence-electron chi connectivity index (χ2n) is 5.63. The van der Waals surface area contributed by atoms with Gasteiger partial charge in [-0.25, -0.2) is 0 Å². The molecule has 0 saturated carbocycles. The van der Waals surface area contributed by atoms with Crippen LogP contribution in [-0.2, 0) is 19.0 Å². The first kappa shape index (κ1) is 17.4. The van der Waals surface area contributed by atoms with Crippen LogP contribution in [0.5, 0.6) is 0 Å². The third kappa shape index (κ3) is 5.77. The Labute approximate surface area is 122 Å². The summed E-state index contributed by atoms with van der Waals surface area (Å²) in [5, 5.41) is 3.26. The van der Waals surface area contributed by atoms with Crippen LogP contribution in [0.2, 0.25) is 0 Å². The highest BCUT2D eigenvalue weighted by Gasteiger charge is 2.33. The summed E-state index contributed by atoms with van der Waals surface area (Å²) in [6.07, 6.45) is 3.75. The van der Waals surface area contributed by atoms with Gasteiger partial charge in [0.1, 0.15) is 5.54 Å². The molecule has 0 bridgehead atoms. The molecular weight excluding hydrogens is 258 g/mol. The summed E-state index contributed by atoms with van der Waals surface area (Å²) in [6.45, 7) is 7.76. The van der Waals surface area contributed by atoms with Crippen molar-refractivity contribution in [3.05, 3.63) is 0 Å². The van der Waals surface area contributed by atoms with Gasteiger partial charge in [0.15, 0.2) is 0 Å². The molecule has 0 aromatic rings. The Balaban J connectivity index is 2.28. The number of carbonyl (C=O) groups is 1. The van der Waals surface area contributed by atoms with Crippen molar-refractivity contribution in [2.24, 2.45) is 5.92 Å². The first-order chi connectivity index (χ1) is 9.62. The van der Waals surface area contributed by atoms with Crippen LogP contribution in [0.25, 0.3) is 0 Å². The molecule has 5 heteroatoms. The number of ether oxygens (including phenoxy) is 3. The first-order valence-electron chi connectivity index (χ1n) is 7.61. The quantitative estimate of drug-likeness (QED) is 0.517. The maximum atomic E-state index is 11.9. The van der Waals surface area contributed by atoms with Crippen LogP contribution in [0.3, 0.4) is 0 Å². The fourth-order valence-electron chi connectivity index (χ4n) is 2.33. The Hall–Kier alpha value is -0.650. The normalized spacial score (nSPS) is 19.6. The summed E-state index contributed by atoms with van der Waals surface area (Å²) in [6, 6.07) is 0. The summed E-state index contributed by atoms with van der Waals surface area (Å²) >= 11 is 0. The van der Waals surface area contributed by atoms with E-state index in [4.69, 9.17) is 14.2 Å². The predicted octanol–water partition coefficient (Wildman–Crippen LogP) is 1.75. The SMILES string of the molecule is CCCNC(C)(CCOCC1CCOCC1)C(=O)OC. The van der Waals surface area contributed by atoms with Crippen molar-refractivity contribution in [1.29, 1.82) is 0 Å². The summed E-state index contributed by atoms with van der Waals surface area (Å²) in [4.78, 5) is 11.9. The van der Waals surface area contributed by atoms with E-state index in [1.807, 2.05) is 6.92 Å². The number of carbonyl (C=O) groups excluding carboxylic acids is 1. The molecule has 1 unspecified atom stereocenters. The molecule has 1 saturated heterocycles. The van der Waals surface area contributed by atoms with E-state index in [1.165, 1.54) is 7.11 Å². The standard InChI is InChI=1S/C15H29NO4/c1-4-8-16-15(2,14(17)18-3)7-11-20-12-13-5-9-19-10-6-13/h13,16H,4-12H2,1-3H3. The van der Waals surface area contributed by atoms with Crippen LogP contribution in [0.15, 0.2) is 0 Å². The van der Waals surface area contributed by atoms with Crippen LogP contribution in [-0.4, -0.2) is 51.6 Å². The lowest BCUT2D eigenvalue weighted by molar-refractivity contribution is -0.148. The number of esters is 1. The van der Waals surface area contributed by atoms with Crippen molar-refractivity contribution in [2.45, 2.75) is 45.1 Å². The summed E-state index contributed by atoms with van der Waals surface area (Å²) in [7, 11) is 1.43. The molecule has 0 radical (unpaired) electrons. The van der Waals surface area contributed by atoms with Crippen molar-refractivity contribution in [2.75, 3.05) is 40.1 Å². The van der Waals surface area contributed by atoms with E-state index < -0.39 is 5.54 Å². The monoisotopic (exact) mass is 287 g/mol. The van der Waals surface area contributed by atoms with Gasteiger partial charge in [-0.05, 0) is 45.1 Å². The van der Waals surface area contributed by atoms with E-state index in [0.717, 1.165) is 45.6 Å². The lowest BCUT2D eigenvalue weighted by Crippen LogP contribution is -2.51. The Bertz CT molecular complexity index is 279. The minimum absolute atomic E-state index is 0.222. The minimum atomic E-state index is -0.652. The fraction of sp³-hybridized carbons (Fsp3) is 0.933. The predicted molar refractivity (Wildman–Crippen MR) is 77.7 cm³/mol. The van der Waals surface area contributed by atoms with Crippen LogP contribution in [0, 0.1) is 5.92 Å². The van der Waals surface area contributed by atoms with E-state index in [9.17, 15) is 4.79 Å². The molecule has 0 aromatic carbocycles. The first-order valence-corrected chi connectivity index (χ1v) is 7.61. The molecule has 1 N–H and O–H groups in total. The van der Waals surface area contributed by atoms with Crippen LogP contribution >= 0.6 is 0 Å². The lowest BCUT2D eigenvalue weighted by atomic mass is 9.98. The smallest absolute Gasteiger partial charge is 0.325 e. The highest BCUT2D eigenvalue weighted by atomic mass is 16.5. The molecule has 1 aliphatic rings. The molecule has 1 aliphatic heterocycles. The molecule has 1 rings (SSSR count). The van der Waals surface area contributed by atoms with Gasteiger partial charge in [-0.1, -0.05) is 6.92 Å². The molecule has 1 heterocycles. The van der Waals surface area contributed by atoms with Gasteiger partial charge in [0.2, 0.25) is 0 Å². The van der Waals surface area contributed by atoms with Crippen molar-refractivity contribution in [3.8, 4) is 0 Å². The van der Waals surface area contributed by atoms with Gasteiger partial charge >= 0.3 is 5.97 Å². The molecule has 0 aromatic heterocycles. The molecule has 0 amide bonds. The summed E-state index contributed by atoms with van der Waals surface area (Å²) in [5.41, 5.74) is -0.652. The van der Waals surface area contributed by atoms with Crippen molar-refractivity contribution < 1.29 is 19.0 Å². The van der Waals surface area contributed by atoms with Gasteiger partial charge in [0.05, 0.1) is 7.11 Å². The molecular formula is C15H29NO4. The minimum Gasteiger partial charge on any atom is -0.468 e. The highest BCUT2D eigenvalue weighted by molar-refractivity contribution is 5.80. The Morgan fingerprint density at radius 2 is 2.10 bits per heavy atom. The van der Waals surface area contributed by atoms with Gasteiger partial charge in [-0.3, -0.25) is 4.79 Å². The van der Waals surface area contributed by atoms with Gasteiger partial charge in [-0.2, -0.15) is 0 Å². The zero-order valence-electron chi connectivity index (χ0n) is 13.1. The molecule has 118 valence electrons. The van der Waals surface area contributed by atoms with Crippen LogP contribution < -0.4 is 5.32 Å². The molecule has 0 aliphatic carbocycles. The lowest BCUT2D eigenvalue weighted by Gasteiger charge is -2.28. The van der Waals surface area contributed by atoms with Crippen LogP contribution in [0.4, 0.5) is 0 Å². The third-order valence-electron chi connectivity index (χ3n) is 3.84. The van der Waals surface area contributed by atoms with E-state index >= 15 is 0 Å². The van der Waals surface area contributed by atoms with Crippen LogP contribution in [0.1, 0.15) is 39.5 Å². The van der Waals surface area contributed by atoms with Crippen molar-refractivity contribution in [1.82, 2.24) is 5.32 Å². The maximum absolute atomic E-state index is 11.9. The van der Waals surface area contributed by atoms with Gasteiger partial charge < -0.3 is 19.5 Å². The third-order valence-corrected chi connectivity index (χ3v) is 3.84. The number of hydrogen-bond donors (Lipinski definition) is 1. The summed E-state index contributed by atoms with van der Waals surface area (Å²) < 4.78 is 15.9. The topological polar surface area (TPSA) is 56.8 Å². The zero-order chi connectivity index (χ0) is 14.8. The van der Waals surface area contributed by atoms with E-state index in [-0.39, 0.29) is 5.97 Å².